The van der Waals surface area contributed by atoms with Crippen molar-refractivity contribution in [2.75, 3.05) is 17.4 Å². The van der Waals surface area contributed by atoms with E-state index in [0.717, 1.165) is 22.7 Å². The average molecular weight is 619 g/mol. The standard InChI is InChI=1S/C29H33BrFN3O4S/c1-4-5-17-32-29(36)22(3)33(19-23-9-6-7-12-27(23)31)28(35)20-34(25-11-8-10-24(30)18-25)39(37,38)26-15-13-21(2)14-16-26/h6-16,18,22H,4-5,17,19-20H2,1-3H3,(H,32,36). The molecule has 0 saturated carbocycles. The zero-order valence-electron chi connectivity index (χ0n) is 22.2. The predicted molar refractivity (Wildman–Crippen MR) is 154 cm³/mol. The summed E-state index contributed by atoms with van der Waals surface area (Å²) in [6, 6.07) is 18.0. The highest BCUT2D eigenvalue weighted by Crippen LogP contribution is 2.27. The smallest absolute Gasteiger partial charge is 0.264 e. The molecule has 10 heteroatoms. The molecule has 3 aromatic carbocycles. The minimum absolute atomic E-state index is 0.0203. The van der Waals surface area contributed by atoms with Crippen LogP contribution in [0.3, 0.4) is 0 Å². The summed E-state index contributed by atoms with van der Waals surface area (Å²) in [6.07, 6.45) is 1.65. The van der Waals surface area contributed by atoms with Crippen molar-refractivity contribution < 1.29 is 22.4 Å². The Labute approximate surface area is 238 Å². The van der Waals surface area contributed by atoms with Gasteiger partial charge in [-0.1, -0.05) is 71.2 Å². The van der Waals surface area contributed by atoms with Gasteiger partial charge in [-0.25, -0.2) is 12.8 Å². The lowest BCUT2D eigenvalue weighted by Gasteiger charge is -2.32. The molecule has 39 heavy (non-hydrogen) atoms. The maximum atomic E-state index is 14.6. The van der Waals surface area contributed by atoms with Crippen LogP contribution in [0.2, 0.25) is 0 Å². The molecule has 0 fully saturated rings. The number of hydrogen-bond donors (Lipinski definition) is 1. The van der Waals surface area contributed by atoms with Crippen molar-refractivity contribution >= 4 is 43.5 Å². The van der Waals surface area contributed by atoms with Gasteiger partial charge in [-0.05, 0) is 56.7 Å². The lowest BCUT2D eigenvalue weighted by molar-refractivity contribution is -0.139. The van der Waals surface area contributed by atoms with Crippen molar-refractivity contribution in [1.29, 1.82) is 0 Å². The van der Waals surface area contributed by atoms with Gasteiger partial charge in [0.2, 0.25) is 11.8 Å². The zero-order valence-corrected chi connectivity index (χ0v) is 24.6. The van der Waals surface area contributed by atoms with E-state index in [1.54, 1.807) is 49.4 Å². The molecule has 208 valence electrons. The summed E-state index contributed by atoms with van der Waals surface area (Å²) in [5.41, 5.74) is 1.37. The number of unbranched alkanes of at least 4 members (excludes halogenated alkanes) is 1. The summed E-state index contributed by atoms with van der Waals surface area (Å²) >= 11 is 3.37. The minimum Gasteiger partial charge on any atom is -0.354 e. The number of nitrogens with one attached hydrogen (secondary N) is 1. The second-order valence-corrected chi connectivity index (χ2v) is 12.0. The Balaban J connectivity index is 2.01. The molecule has 3 rings (SSSR count). The van der Waals surface area contributed by atoms with Gasteiger partial charge in [-0.2, -0.15) is 0 Å². The van der Waals surface area contributed by atoms with Gasteiger partial charge >= 0.3 is 0 Å². The quantitative estimate of drug-likeness (QED) is 0.275. The van der Waals surface area contributed by atoms with Crippen LogP contribution < -0.4 is 9.62 Å². The van der Waals surface area contributed by atoms with Gasteiger partial charge in [0, 0.05) is 23.1 Å². The highest BCUT2D eigenvalue weighted by molar-refractivity contribution is 9.10. The molecule has 0 heterocycles. The van der Waals surface area contributed by atoms with E-state index in [1.165, 1.54) is 35.2 Å². The number of benzene rings is 3. The van der Waals surface area contributed by atoms with Crippen molar-refractivity contribution in [3.05, 3.63) is 94.2 Å². The summed E-state index contributed by atoms with van der Waals surface area (Å²) in [6.45, 7) is 5.04. The van der Waals surface area contributed by atoms with Crippen LogP contribution in [-0.4, -0.2) is 44.3 Å². The number of rotatable bonds is 12. The van der Waals surface area contributed by atoms with E-state index in [-0.39, 0.29) is 22.7 Å². The van der Waals surface area contributed by atoms with Gasteiger partial charge < -0.3 is 10.2 Å². The molecule has 0 spiro atoms. The molecule has 1 atom stereocenters. The van der Waals surface area contributed by atoms with Crippen molar-refractivity contribution in [3.8, 4) is 0 Å². The molecular formula is C29H33BrFN3O4S. The molecule has 0 bridgehead atoms. The molecule has 1 N–H and O–H groups in total. The van der Waals surface area contributed by atoms with Crippen molar-refractivity contribution in [1.82, 2.24) is 10.2 Å². The fourth-order valence-electron chi connectivity index (χ4n) is 3.93. The largest absolute Gasteiger partial charge is 0.354 e. The number of carbonyl (C=O) groups is 2. The van der Waals surface area contributed by atoms with E-state index in [1.807, 2.05) is 13.8 Å². The van der Waals surface area contributed by atoms with E-state index >= 15 is 0 Å². The van der Waals surface area contributed by atoms with Crippen LogP contribution in [0, 0.1) is 12.7 Å². The van der Waals surface area contributed by atoms with Crippen molar-refractivity contribution in [2.24, 2.45) is 0 Å². The molecule has 0 aliphatic rings. The summed E-state index contributed by atoms with van der Waals surface area (Å²) in [7, 11) is -4.17. The van der Waals surface area contributed by atoms with Gasteiger partial charge in [-0.3, -0.25) is 13.9 Å². The number of aryl methyl sites for hydroxylation is 1. The Morgan fingerprint density at radius 1 is 1.03 bits per heavy atom. The molecule has 0 aliphatic carbocycles. The van der Waals surface area contributed by atoms with Crippen molar-refractivity contribution in [3.63, 3.8) is 0 Å². The molecule has 1 unspecified atom stereocenters. The lowest BCUT2D eigenvalue weighted by atomic mass is 10.1. The van der Waals surface area contributed by atoms with Crippen LogP contribution in [0.15, 0.2) is 82.2 Å². The second kappa shape index (κ2) is 13.7. The van der Waals surface area contributed by atoms with Crippen LogP contribution in [-0.2, 0) is 26.2 Å². The van der Waals surface area contributed by atoms with Gasteiger partial charge in [-0.15, -0.1) is 0 Å². The maximum Gasteiger partial charge on any atom is 0.264 e. The first-order valence-electron chi connectivity index (χ1n) is 12.7. The molecule has 0 aromatic heterocycles. The summed E-state index contributed by atoms with van der Waals surface area (Å²) < 4.78 is 43.8. The summed E-state index contributed by atoms with van der Waals surface area (Å²) in [5, 5.41) is 2.81. The molecule has 0 aliphatic heterocycles. The fourth-order valence-corrected chi connectivity index (χ4v) is 5.72. The van der Waals surface area contributed by atoms with Crippen LogP contribution >= 0.6 is 15.9 Å². The van der Waals surface area contributed by atoms with E-state index in [0.29, 0.717) is 11.0 Å². The van der Waals surface area contributed by atoms with Crippen molar-refractivity contribution in [2.45, 2.75) is 51.1 Å². The molecule has 0 saturated heterocycles. The molecule has 0 radical (unpaired) electrons. The normalized spacial score (nSPS) is 12.0. The number of carbonyl (C=O) groups excluding carboxylic acids is 2. The second-order valence-electron chi connectivity index (χ2n) is 9.24. The predicted octanol–water partition coefficient (Wildman–Crippen LogP) is 5.43. The lowest BCUT2D eigenvalue weighted by Crippen LogP contribution is -2.51. The Hall–Kier alpha value is -3.24. The molecule has 3 aromatic rings. The summed E-state index contributed by atoms with van der Waals surface area (Å²) in [5.74, 6) is -1.57. The van der Waals surface area contributed by atoms with Gasteiger partial charge in [0.1, 0.15) is 18.4 Å². The van der Waals surface area contributed by atoms with Crippen LogP contribution in [0.25, 0.3) is 0 Å². The average Bonchev–Trinajstić information content (AvgIpc) is 2.91. The highest BCUT2D eigenvalue weighted by Gasteiger charge is 2.32. The van der Waals surface area contributed by atoms with Crippen LogP contribution in [0.4, 0.5) is 10.1 Å². The number of sulfonamides is 1. The van der Waals surface area contributed by atoms with E-state index in [9.17, 15) is 22.4 Å². The summed E-state index contributed by atoms with van der Waals surface area (Å²) in [4.78, 5) is 28.0. The number of anilines is 1. The zero-order chi connectivity index (χ0) is 28.6. The number of amides is 2. The van der Waals surface area contributed by atoms with Gasteiger partial charge in [0.25, 0.3) is 10.0 Å². The SMILES string of the molecule is CCCCNC(=O)C(C)N(Cc1ccccc1F)C(=O)CN(c1cccc(Br)c1)S(=O)(=O)c1ccc(C)cc1. The first-order chi connectivity index (χ1) is 18.5. The van der Waals surface area contributed by atoms with E-state index < -0.39 is 40.2 Å². The molecular weight excluding hydrogens is 585 g/mol. The Bertz CT molecular complexity index is 1400. The first kappa shape index (κ1) is 30.3. The van der Waals surface area contributed by atoms with E-state index in [4.69, 9.17) is 0 Å². The third-order valence-corrected chi connectivity index (χ3v) is 8.56. The molecule has 7 nitrogen and oxygen atoms in total. The monoisotopic (exact) mass is 617 g/mol. The highest BCUT2D eigenvalue weighted by atomic mass is 79.9. The third-order valence-electron chi connectivity index (χ3n) is 6.28. The first-order valence-corrected chi connectivity index (χ1v) is 14.9. The number of halogens is 2. The number of nitrogens with zero attached hydrogens (tertiary/aromatic N) is 2. The van der Waals surface area contributed by atoms with Gasteiger partial charge in [0.05, 0.1) is 10.6 Å². The number of hydrogen-bond acceptors (Lipinski definition) is 4. The van der Waals surface area contributed by atoms with Crippen LogP contribution in [0.1, 0.15) is 37.8 Å². The topological polar surface area (TPSA) is 86.8 Å². The minimum atomic E-state index is -4.17. The fraction of sp³-hybridized carbons (Fsp3) is 0.310. The maximum absolute atomic E-state index is 14.6. The third kappa shape index (κ3) is 7.89. The Morgan fingerprint density at radius 2 is 1.72 bits per heavy atom. The van der Waals surface area contributed by atoms with E-state index in [2.05, 4.69) is 21.2 Å². The Morgan fingerprint density at radius 3 is 2.36 bits per heavy atom. The molecule has 2 amide bonds. The van der Waals surface area contributed by atoms with Crippen LogP contribution in [0.5, 0.6) is 0 Å². The Kier molecular flexibility index (Phi) is 10.7. The van der Waals surface area contributed by atoms with Gasteiger partial charge in [0.15, 0.2) is 0 Å².